The third-order valence-electron chi connectivity index (χ3n) is 5.09. The highest BCUT2D eigenvalue weighted by Crippen LogP contribution is 2.41. The van der Waals surface area contributed by atoms with Gasteiger partial charge >= 0.3 is 0 Å². The topological polar surface area (TPSA) is 33.1 Å². The van der Waals surface area contributed by atoms with Crippen molar-refractivity contribution < 1.29 is 0 Å². The Kier molecular flexibility index (Phi) is 4.70. The number of benzene rings is 1. The Labute approximate surface area is 165 Å². The Morgan fingerprint density at radius 3 is 2.48 bits per heavy atom. The van der Waals surface area contributed by atoms with Crippen LogP contribution < -0.4 is 10.2 Å². The zero-order valence-electron chi connectivity index (χ0n) is 15.8. The predicted molar refractivity (Wildman–Crippen MR) is 114 cm³/mol. The molecule has 0 saturated carbocycles. The summed E-state index contributed by atoms with van der Waals surface area (Å²) in [6, 6.07) is 17.2. The molecule has 5 heteroatoms. The molecule has 0 radical (unpaired) electrons. The van der Waals surface area contributed by atoms with Crippen LogP contribution in [0.1, 0.15) is 48.8 Å². The number of anilines is 1. The van der Waals surface area contributed by atoms with Crippen LogP contribution in [0.2, 0.25) is 0 Å². The van der Waals surface area contributed by atoms with Gasteiger partial charge in [0.25, 0.3) is 0 Å². The van der Waals surface area contributed by atoms with E-state index < -0.39 is 0 Å². The van der Waals surface area contributed by atoms with Crippen molar-refractivity contribution >= 4 is 23.0 Å². The summed E-state index contributed by atoms with van der Waals surface area (Å²) in [4.78, 5) is 6.82. The van der Waals surface area contributed by atoms with Crippen LogP contribution in [0.25, 0.3) is 0 Å². The fraction of sp³-hybridized carbons (Fsp3) is 0.273. The number of rotatable bonds is 4. The number of hydrogen-bond acceptors (Lipinski definition) is 2. The van der Waals surface area contributed by atoms with E-state index in [1.807, 2.05) is 18.3 Å². The smallest absolute Gasteiger partial charge is 0.174 e. The lowest BCUT2D eigenvalue weighted by Crippen LogP contribution is -2.29. The van der Waals surface area contributed by atoms with Crippen molar-refractivity contribution in [2.75, 3.05) is 4.90 Å². The number of nitrogens with one attached hydrogen (secondary N) is 1. The van der Waals surface area contributed by atoms with Gasteiger partial charge < -0.3 is 14.8 Å². The second-order valence-corrected chi connectivity index (χ2v) is 7.70. The molecule has 2 atom stereocenters. The second kappa shape index (κ2) is 7.16. The van der Waals surface area contributed by atoms with Crippen LogP contribution in [-0.4, -0.2) is 14.7 Å². The van der Waals surface area contributed by atoms with Gasteiger partial charge in [0.2, 0.25) is 0 Å². The van der Waals surface area contributed by atoms with Crippen LogP contribution >= 0.6 is 12.2 Å². The maximum absolute atomic E-state index is 5.75. The fourth-order valence-electron chi connectivity index (χ4n) is 3.60. The normalized spacial score (nSPS) is 19.6. The van der Waals surface area contributed by atoms with Crippen LogP contribution in [0, 0.1) is 6.92 Å². The summed E-state index contributed by atoms with van der Waals surface area (Å²) in [7, 11) is 0. The van der Waals surface area contributed by atoms with Crippen molar-refractivity contribution in [2.24, 2.45) is 0 Å². The average molecular weight is 377 g/mol. The quantitative estimate of drug-likeness (QED) is 0.653. The van der Waals surface area contributed by atoms with E-state index in [-0.39, 0.29) is 12.1 Å². The third kappa shape index (κ3) is 3.35. The highest BCUT2D eigenvalue weighted by atomic mass is 32.1. The van der Waals surface area contributed by atoms with Crippen LogP contribution in [0.4, 0.5) is 5.69 Å². The van der Waals surface area contributed by atoms with E-state index in [0.717, 1.165) is 16.5 Å². The second-order valence-electron chi connectivity index (χ2n) is 7.32. The van der Waals surface area contributed by atoms with Crippen molar-refractivity contribution in [3.05, 3.63) is 83.9 Å². The number of hydrogen-bond donors (Lipinski definition) is 1. The standard InChI is InChI=1S/C22H24N4S/c1-15(2)25-13-11-17(14-25)21-20(19-6-4-5-12-23-19)24-22(27)26(21)18-9-7-16(3)8-10-18/h4-15,20-21H,1-3H3,(H,24,27)/t20-,21-/m1/s1. The zero-order chi connectivity index (χ0) is 19.0. The molecule has 0 unspecified atom stereocenters. The molecular formula is C22H24N4S. The lowest BCUT2D eigenvalue weighted by molar-refractivity contribution is 0.560. The molecule has 1 aliphatic rings. The molecule has 1 fully saturated rings. The minimum Gasteiger partial charge on any atom is -0.351 e. The van der Waals surface area contributed by atoms with Gasteiger partial charge in [-0.2, -0.15) is 0 Å². The van der Waals surface area contributed by atoms with E-state index in [1.165, 1.54) is 11.1 Å². The molecule has 0 bridgehead atoms. The molecule has 1 saturated heterocycles. The summed E-state index contributed by atoms with van der Waals surface area (Å²) in [5, 5.41) is 4.24. The number of aromatic nitrogens is 2. The molecule has 4 rings (SSSR count). The zero-order valence-corrected chi connectivity index (χ0v) is 16.6. The highest BCUT2D eigenvalue weighted by Gasteiger charge is 2.41. The summed E-state index contributed by atoms with van der Waals surface area (Å²) < 4.78 is 2.24. The first-order valence-corrected chi connectivity index (χ1v) is 9.70. The Hall–Kier alpha value is -2.66. The largest absolute Gasteiger partial charge is 0.351 e. The summed E-state index contributed by atoms with van der Waals surface area (Å²) in [5.41, 5.74) is 4.56. The molecule has 2 aromatic heterocycles. The number of nitrogens with zero attached hydrogens (tertiary/aromatic N) is 3. The van der Waals surface area contributed by atoms with Gasteiger partial charge in [-0.3, -0.25) is 4.98 Å². The van der Waals surface area contributed by atoms with E-state index >= 15 is 0 Å². The van der Waals surface area contributed by atoms with E-state index in [2.05, 4.69) is 89.3 Å². The minimum atomic E-state index is 0.00279. The van der Waals surface area contributed by atoms with Crippen molar-refractivity contribution in [3.63, 3.8) is 0 Å². The van der Waals surface area contributed by atoms with Crippen LogP contribution in [-0.2, 0) is 0 Å². The van der Waals surface area contributed by atoms with E-state index in [1.54, 1.807) is 0 Å². The molecule has 0 spiro atoms. The van der Waals surface area contributed by atoms with Gasteiger partial charge in [-0.15, -0.1) is 0 Å². The Bertz CT molecular complexity index is 930. The average Bonchev–Trinajstić information content (AvgIpc) is 3.28. The predicted octanol–water partition coefficient (Wildman–Crippen LogP) is 4.95. The first kappa shape index (κ1) is 17.7. The molecule has 0 aliphatic carbocycles. The monoisotopic (exact) mass is 376 g/mol. The highest BCUT2D eigenvalue weighted by molar-refractivity contribution is 7.80. The number of pyridine rings is 1. The Morgan fingerprint density at radius 1 is 1.07 bits per heavy atom. The maximum Gasteiger partial charge on any atom is 0.174 e. The minimum absolute atomic E-state index is 0.00279. The first-order valence-electron chi connectivity index (χ1n) is 9.29. The van der Waals surface area contributed by atoms with Gasteiger partial charge in [-0.25, -0.2) is 0 Å². The molecule has 3 heterocycles. The van der Waals surface area contributed by atoms with Crippen molar-refractivity contribution in [1.29, 1.82) is 0 Å². The number of thiocarbonyl (C=S) groups is 1. The van der Waals surface area contributed by atoms with Gasteiger partial charge in [0.1, 0.15) is 0 Å². The van der Waals surface area contributed by atoms with Gasteiger partial charge in [0.15, 0.2) is 5.11 Å². The molecule has 27 heavy (non-hydrogen) atoms. The first-order chi connectivity index (χ1) is 13.0. The third-order valence-corrected chi connectivity index (χ3v) is 5.40. The molecule has 3 aromatic rings. The van der Waals surface area contributed by atoms with Crippen LogP contribution in [0.5, 0.6) is 0 Å². The SMILES string of the molecule is Cc1ccc(N2C(=S)N[C@H](c3ccccn3)[C@H]2c2ccn(C(C)C)c2)cc1. The molecule has 1 aliphatic heterocycles. The Balaban J connectivity index is 1.81. The van der Waals surface area contributed by atoms with Crippen LogP contribution in [0.15, 0.2) is 67.1 Å². The molecular weight excluding hydrogens is 352 g/mol. The summed E-state index contributed by atoms with van der Waals surface area (Å²) >= 11 is 5.75. The van der Waals surface area contributed by atoms with Crippen molar-refractivity contribution in [1.82, 2.24) is 14.9 Å². The van der Waals surface area contributed by atoms with E-state index in [0.29, 0.717) is 6.04 Å². The summed E-state index contributed by atoms with van der Waals surface area (Å²) in [5.74, 6) is 0. The number of aryl methyl sites for hydroxylation is 1. The van der Waals surface area contributed by atoms with Crippen molar-refractivity contribution in [2.45, 2.75) is 38.9 Å². The van der Waals surface area contributed by atoms with Gasteiger partial charge in [-0.05, 0) is 68.9 Å². The molecule has 1 N–H and O–H groups in total. The lowest BCUT2D eigenvalue weighted by atomic mass is 9.98. The molecule has 4 nitrogen and oxygen atoms in total. The fourth-order valence-corrected chi connectivity index (χ4v) is 3.95. The van der Waals surface area contributed by atoms with Gasteiger partial charge in [0, 0.05) is 30.3 Å². The Morgan fingerprint density at radius 2 is 1.85 bits per heavy atom. The van der Waals surface area contributed by atoms with Crippen LogP contribution in [0.3, 0.4) is 0 Å². The van der Waals surface area contributed by atoms with Crippen molar-refractivity contribution in [3.8, 4) is 0 Å². The molecule has 1 aromatic carbocycles. The lowest BCUT2D eigenvalue weighted by Gasteiger charge is -2.27. The van der Waals surface area contributed by atoms with Gasteiger partial charge in [-0.1, -0.05) is 23.8 Å². The van der Waals surface area contributed by atoms with E-state index in [9.17, 15) is 0 Å². The molecule has 0 amide bonds. The van der Waals surface area contributed by atoms with Gasteiger partial charge in [0.05, 0.1) is 17.8 Å². The maximum atomic E-state index is 5.75. The van der Waals surface area contributed by atoms with E-state index in [4.69, 9.17) is 12.2 Å². The summed E-state index contributed by atoms with van der Waals surface area (Å²) in [6.45, 7) is 6.48. The summed E-state index contributed by atoms with van der Waals surface area (Å²) in [6.07, 6.45) is 6.21. The molecule has 138 valence electrons.